The van der Waals surface area contributed by atoms with Crippen LogP contribution < -0.4 is 0 Å². The second-order valence-corrected chi connectivity index (χ2v) is 6.23. The molecule has 116 valence electrons. The Labute approximate surface area is 120 Å². The molecule has 2 N–H and O–H groups in total. The van der Waals surface area contributed by atoms with Crippen LogP contribution in [0.25, 0.3) is 0 Å². The maximum absolute atomic E-state index is 12.4. The van der Waals surface area contributed by atoms with E-state index in [1.807, 2.05) is 0 Å². The number of urea groups is 1. The summed E-state index contributed by atoms with van der Waals surface area (Å²) in [6.45, 7) is 4.25. The van der Waals surface area contributed by atoms with Gasteiger partial charge < -0.3 is 20.0 Å². The average molecular weight is 286 g/mol. The van der Waals surface area contributed by atoms with Crippen LogP contribution in [0.2, 0.25) is 0 Å². The van der Waals surface area contributed by atoms with Crippen molar-refractivity contribution in [2.24, 2.45) is 0 Å². The zero-order chi connectivity index (χ0) is 15.3. The number of aliphatic hydroxyl groups is 1. The molecular weight excluding hydrogens is 260 g/mol. The molecule has 1 saturated heterocycles. The number of carbonyl (C=O) groups excluding carboxylic acids is 1. The number of hydrogen-bond acceptors (Lipinski definition) is 3. The molecule has 0 aliphatic carbocycles. The maximum Gasteiger partial charge on any atom is 0.320 e. The molecule has 1 fully saturated rings. The van der Waals surface area contributed by atoms with Crippen molar-refractivity contribution < 1.29 is 19.8 Å². The molecule has 1 rings (SSSR count). The van der Waals surface area contributed by atoms with Gasteiger partial charge in [-0.1, -0.05) is 0 Å². The van der Waals surface area contributed by atoms with Crippen LogP contribution in [0.15, 0.2) is 0 Å². The minimum atomic E-state index is -0.934. The van der Waals surface area contributed by atoms with Gasteiger partial charge >= 0.3 is 12.0 Å². The van der Waals surface area contributed by atoms with Crippen LogP contribution >= 0.6 is 0 Å². The summed E-state index contributed by atoms with van der Waals surface area (Å²) in [4.78, 5) is 26.4. The fourth-order valence-corrected chi connectivity index (χ4v) is 2.71. The van der Waals surface area contributed by atoms with E-state index in [4.69, 9.17) is 5.11 Å². The predicted octanol–water partition coefficient (Wildman–Crippen LogP) is 1.53. The van der Waals surface area contributed by atoms with Gasteiger partial charge in [-0.15, -0.1) is 0 Å². The van der Waals surface area contributed by atoms with Crippen LogP contribution in [0.1, 0.15) is 46.0 Å². The number of piperidine rings is 1. The molecule has 0 spiro atoms. The first-order valence-corrected chi connectivity index (χ1v) is 7.16. The van der Waals surface area contributed by atoms with Crippen molar-refractivity contribution in [1.29, 1.82) is 0 Å². The molecule has 1 unspecified atom stereocenters. The van der Waals surface area contributed by atoms with E-state index >= 15 is 0 Å². The van der Waals surface area contributed by atoms with Crippen LogP contribution in [0, 0.1) is 0 Å². The maximum atomic E-state index is 12.4. The SMILES string of the molecule is CN(CC(C)(C)O)C(=O)N1CCCCC1CCC(=O)O. The molecule has 1 aliphatic heterocycles. The molecule has 2 amide bonds. The van der Waals surface area contributed by atoms with Crippen molar-refractivity contribution in [3.63, 3.8) is 0 Å². The summed E-state index contributed by atoms with van der Waals surface area (Å²) in [5.74, 6) is -0.826. The van der Waals surface area contributed by atoms with E-state index in [0.717, 1.165) is 19.3 Å². The van der Waals surface area contributed by atoms with Crippen LogP contribution in [0.5, 0.6) is 0 Å². The molecular formula is C14H26N2O4. The van der Waals surface area contributed by atoms with Crippen molar-refractivity contribution in [2.75, 3.05) is 20.1 Å². The minimum Gasteiger partial charge on any atom is -0.481 e. The number of hydrogen-bond donors (Lipinski definition) is 2. The molecule has 0 bridgehead atoms. The largest absolute Gasteiger partial charge is 0.481 e. The first-order valence-electron chi connectivity index (χ1n) is 7.16. The number of amides is 2. The first kappa shape index (κ1) is 16.8. The van der Waals surface area contributed by atoms with Crippen LogP contribution in [0.4, 0.5) is 4.79 Å². The Kier molecular flexibility index (Phi) is 5.80. The summed E-state index contributed by atoms with van der Waals surface area (Å²) in [5, 5.41) is 18.6. The number of carboxylic acid groups (broad SMARTS) is 1. The summed E-state index contributed by atoms with van der Waals surface area (Å²) in [6.07, 6.45) is 3.42. The normalized spacial score (nSPS) is 19.8. The lowest BCUT2D eigenvalue weighted by molar-refractivity contribution is -0.137. The zero-order valence-electron chi connectivity index (χ0n) is 12.6. The second kappa shape index (κ2) is 6.92. The highest BCUT2D eigenvalue weighted by Gasteiger charge is 2.30. The monoisotopic (exact) mass is 286 g/mol. The number of nitrogens with zero attached hydrogens (tertiary/aromatic N) is 2. The van der Waals surface area contributed by atoms with Gasteiger partial charge in [-0.2, -0.15) is 0 Å². The summed E-state index contributed by atoms with van der Waals surface area (Å²) in [6, 6.07) is -0.126. The fourth-order valence-electron chi connectivity index (χ4n) is 2.71. The minimum absolute atomic E-state index is 0.00314. The Balaban J connectivity index is 2.64. The Morgan fingerprint density at radius 2 is 2.00 bits per heavy atom. The quantitative estimate of drug-likeness (QED) is 0.803. The topological polar surface area (TPSA) is 81.1 Å². The number of rotatable bonds is 5. The second-order valence-electron chi connectivity index (χ2n) is 6.23. The molecule has 6 heteroatoms. The molecule has 1 aliphatic rings. The molecule has 0 aromatic rings. The molecule has 20 heavy (non-hydrogen) atoms. The lowest BCUT2D eigenvalue weighted by Gasteiger charge is -2.39. The standard InChI is InChI=1S/C14H26N2O4/c1-14(2,20)10-15(3)13(19)16-9-5-4-6-11(16)7-8-12(17)18/h11,20H,4-10H2,1-3H3,(H,17,18). The van der Waals surface area contributed by atoms with Crippen LogP contribution in [-0.2, 0) is 4.79 Å². The van der Waals surface area contributed by atoms with Gasteiger partial charge in [-0.3, -0.25) is 4.79 Å². The van der Waals surface area contributed by atoms with Crippen molar-refractivity contribution in [2.45, 2.75) is 57.6 Å². The third kappa shape index (κ3) is 5.36. The van der Waals surface area contributed by atoms with Gasteiger partial charge in [0, 0.05) is 26.1 Å². The molecule has 0 aromatic carbocycles. The summed E-state index contributed by atoms with van der Waals surface area (Å²) in [7, 11) is 1.67. The van der Waals surface area contributed by atoms with Gasteiger partial charge in [0.05, 0.1) is 12.1 Å². The Bertz CT molecular complexity index is 352. The number of aliphatic carboxylic acids is 1. The summed E-state index contributed by atoms with van der Waals surface area (Å²) in [5.41, 5.74) is -0.934. The van der Waals surface area contributed by atoms with E-state index in [2.05, 4.69) is 0 Å². The number of carbonyl (C=O) groups is 2. The number of likely N-dealkylation sites (tertiary alicyclic amines) is 1. The number of likely N-dealkylation sites (N-methyl/N-ethyl adjacent to an activating group) is 1. The van der Waals surface area contributed by atoms with Crippen LogP contribution in [-0.4, -0.2) is 63.8 Å². The highest BCUT2D eigenvalue weighted by atomic mass is 16.4. The van der Waals surface area contributed by atoms with E-state index in [1.54, 1.807) is 25.8 Å². The Morgan fingerprint density at radius 1 is 1.35 bits per heavy atom. The van der Waals surface area contributed by atoms with Gasteiger partial charge in [-0.05, 0) is 39.5 Å². The average Bonchev–Trinajstić information content (AvgIpc) is 2.33. The molecule has 6 nitrogen and oxygen atoms in total. The zero-order valence-corrected chi connectivity index (χ0v) is 12.6. The van der Waals surface area contributed by atoms with Crippen molar-refractivity contribution in [1.82, 2.24) is 9.80 Å². The Morgan fingerprint density at radius 3 is 2.55 bits per heavy atom. The fraction of sp³-hybridized carbons (Fsp3) is 0.857. The van der Waals surface area contributed by atoms with E-state index in [-0.39, 0.29) is 25.0 Å². The van der Waals surface area contributed by atoms with Gasteiger partial charge in [0.25, 0.3) is 0 Å². The third-order valence-electron chi connectivity index (χ3n) is 3.51. The van der Waals surface area contributed by atoms with Crippen molar-refractivity contribution in [3.05, 3.63) is 0 Å². The highest BCUT2D eigenvalue weighted by molar-refractivity contribution is 5.75. The van der Waals surface area contributed by atoms with Gasteiger partial charge in [0.1, 0.15) is 0 Å². The van der Waals surface area contributed by atoms with E-state index in [0.29, 0.717) is 13.0 Å². The molecule has 1 heterocycles. The lowest BCUT2D eigenvalue weighted by atomic mass is 9.98. The molecule has 1 atom stereocenters. The van der Waals surface area contributed by atoms with Gasteiger partial charge in [0.15, 0.2) is 0 Å². The molecule has 0 saturated carbocycles. The van der Waals surface area contributed by atoms with Crippen molar-refractivity contribution in [3.8, 4) is 0 Å². The summed E-state index contributed by atoms with van der Waals surface area (Å²) >= 11 is 0. The summed E-state index contributed by atoms with van der Waals surface area (Å²) < 4.78 is 0. The van der Waals surface area contributed by atoms with Crippen molar-refractivity contribution >= 4 is 12.0 Å². The third-order valence-corrected chi connectivity index (χ3v) is 3.51. The van der Waals surface area contributed by atoms with Gasteiger partial charge in [0.2, 0.25) is 0 Å². The number of carboxylic acids is 1. The van der Waals surface area contributed by atoms with Gasteiger partial charge in [-0.25, -0.2) is 4.79 Å². The predicted molar refractivity (Wildman–Crippen MR) is 75.5 cm³/mol. The molecule has 0 aromatic heterocycles. The first-order chi connectivity index (χ1) is 9.20. The van der Waals surface area contributed by atoms with E-state index < -0.39 is 11.6 Å². The smallest absolute Gasteiger partial charge is 0.320 e. The lowest BCUT2D eigenvalue weighted by Crippen LogP contribution is -2.52. The molecule has 0 radical (unpaired) electrons. The van der Waals surface area contributed by atoms with E-state index in [9.17, 15) is 14.7 Å². The van der Waals surface area contributed by atoms with Crippen LogP contribution in [0.3, 0.4) is 0 Å². The Hall–Kier alpha value is -1.30. The van der Waals surface area contributed by atoms with E-state index in [1.165, 1.54) is 4.90 Å². The highest BCUT2D eigenvalue weighted by Crippen LogP contribution is 2.22.